The zero-order valence-electron chi connectivity index (χ0n) is 15.9. The van der Waals surface area contributed by atoms with Crippen LogP contribution in [0, 0.1) is 6.92 Å². The van der Waals surface area contributed by atoms with E-state index in [9.17, 15) is 23.4 Å². The number of nitrogens with zero attached hydrogens (tertiary/aromatic N) is 3. The number of ether oxygens (including phenoxy) is 1. The van der Waals surface area contributed by atoms with Gasteiger partial charge in [-0.3, -0.25) is 4.68 Å². The monoisotopic (exact) mass is 407 g/mol. The third kappa shape index (κ3) is 3.44. The highest BCUT2D eigenvalue weighted by Crippen LogP contribution is 2.39. The van der Waals surface area contributed by atoms with Crippen LogP contribution in [0.5, 0.6) is 5.75 Å². The van der Waals surface area contributed by atoms with Gasteiger partial charge in [-0.1, -0.05) is 0 Å². The van der Waals surface area contributed by atoms with Crippen LogP contribution in [0.25, 0.3) is 22.3 Å². The van der Waals surface area contributed by atoms with Crippen molar-refractivity contribution < 1.29 is 28.1 Å². The average molecular weight is 407 g/mol. The van der Waals surface area contributed by atoms with Crippen molar-refractivity contribution in [1.82, 2.24) is 14.8 Å². The first-order valence-corrected chi connectivity index (χ1v) is 9.23. The predicted molar refractivity (Wildman–Crippen MR) is 99.5 cm³/mol. The van der Waals surface area contributed by atoms with E-state index in [1.807, 2.05) is 0 Å². The number of phenols is 1. The molecule has 0 spiro atoms. The number of hydrogen-bond donors (Lipinski definition) is 2. The molecule has 1 aromatic carbocycles. The summed E-state index contributed by atoms with van der Waals surface area (Å²) in [6, 6.07) is 5.00. The fraction of sp³-hybridized carbons (Fsp3) is 0.400. The molecule has 29 heavy (non-hydrogen) atoms. The zero-order chi connectivity index (χ0) is 20.9. The molecule has 0 unspecified atom stereocenters. The van der Waals surface area contributed by atoms with Crippen LogP contribution in [0.1, 0.15) is 42.3 Å². The van der Waals surface area contributed by atoms with E-state index in [1.165, 1.54) is 6.92 Å². The van der Waals surface area contributed by atoms with Crippen molar-refractivity contribution in [2.75, 3.05) is 13.2 Å². The predicted octanol–water partition coefficient (Wildman–Crippen LogP) is 4.15. The molecule has 154 valence electrons. The molecular weight excluding hydrogens is 387 g/mol. The van der Waals surface area contributed by atoms with Gasteiger partial charge in [0.2, 0.25) is 0 Å². The molecule has 0 saturated carbocycles. The molecule has 2 aromatic heterocycles. The molecule has 6 nitrogen and oxygen atoms in total. The lowest BCUT2D eigenvalue weighted by atomic mass is 10.00. The lowest BCUT2D eigenvalue weighted by Crippen LogP contribution is -2.15. The Morgan fingerprint density at radius 1 is 1.28 bits per heavy atom. The minimum atomic E-state index is -4.55. The summed E-state index contributed by atoms with van der Waals surface area (Å²) >= 11 is 0. The minimum Gasteiger partial charge on any atom is -0.507 e. The van der Waals surface area contributed by atoms with Gasteiger partial charge in [-0.2, -0.15) is 18.3 Å². The van der Waals surface area contributed by atoms with Gasteiger partial charge in [0.05, 0.1) is 35.7 Å². The van der Waals surface area contributed by atoms with E-state index in [2.05, 4.69) is 10.1 Å². The summed E-state index contributed by atoms with van der Waals surface area (Å²) < 4.78 is 46.1. The lowest BCUT2D eigenvalue weighted by molar-refractivity contribution is -0.137. The molecule has 0 radical (unpaired) electrons. The van der Waals surface area contributed by atoms with Gasteiger partial charge >= 0.3 is 6.18 Å². The summed E-state index contributed by atoms with van der Waals surface area (Å²) in [6.07, 6.45) is -4.57. The number of aryl methyl sites for hydroxylation is 1. The van der Waals surface area contributed by atoms with Crippen molar-refractivity contribution in [2.45, 2.75) is 38.6 Å². The number of fused-ring (bicyclic) bond motifs is 1. The first kappa shape index (κ1) is 19.7. The van der Waals surface area contributed by atoms with Crippen LogP contribution in [0.4, 0.5) is 13.2 Å². The molecule has 1 saturated heterocycles. The molecule has 3 aromatic rings. The molecule has 0 aliphatic carbocycles. The number of halogens is 3. The number of alkyl halides is 3. The zero-order valence-corrected chi connectivity index (χ0v) is 15.9. The molecule has 1 aliphatic heterocycles. The van der Waals surface area contributed by atoms with Gasteiger partial charge in [-0.25, -0.2) is 4.98 Å². The van der Waals surface area contributed by atoms with Crippen LogP contribution in [0.15, 0.2) is 24.3 Å². The Hall–Kier alpha value is -2.65. The molecule has 1 aliphatic rings. The number of aromatic nitrogens is 3. The average Bonchev–Trinajstić information content (AvgIpc) is 3.27. The molecule has 2 atom stereocenters. The van der Waals surface area contributed by atoms with Crippen LogP contribution in [-0.4, -0.2) is 38.2 Å². The quantitative estimate of drug-likeness (QED) is 0.682. The maximum atomic E-state index is 13.0. The Morgan fingerprint density at radius 3 is 2.62 bits per heavy atom. The van der Waals surface area contributed by atoms with Crippen LogP contribution in [-0.2, 0) is 10.9 Å². The standard InChI is InChI=1S/C20H20F3N3O3/c1-10-7-12(20(21,22)23)8-16(28)17(10)15-4-3-14-18(11(2)27)26(25-19(14)24-15)13-5-6-29-9-13/h3-4,7-8,11,13,27-28H,5-6,9H2,1-2H3/t11-,13-/m0/s1. The largest absolute Gasteiger partial charge is 0.507 e. The highest BCUT2D eigenvalue weighted by molar-refractivity contribution is 5.83. The highest BCUT2D eigenvalue weighted by Gasteiger charge is 2.32. The molecule has 0 amide bonds. The van der Waals surface area contributed by atoms with Gasteiger partial charge in [0.15, 0.2) is 5.65 Å². The Balaban J connectivity index is 1.85. The van der Waals surface area contributed by atoms with Gasteiger partial charge in [-0.15, -0.1) is 0 Å². The summed E-state index contributed by atoms with van der Waals surface area (Å²) in [5.74, 6) is -0.497. The van der Waals surface area contributed by atoms with Gasteiger partial charge < -0.3 is 14.9 Å². The Labute approximate surface area is 164 Å². The SMILES string of the molecule is Cc1cc(C(F)(F)F)cc(O)c1-c1ccc2c([C@H](C)O)n([C@H]3CCOC3)nc2n1. The van der Waals surface area contributed by atoms with E-state index in [-0.39, 0.29) is 17.2 Å². The van der Waals surface area contributed by atoms with Crippen molar-refractivity contribution in [3.63, 3.8) is 0 Å². The van der Waals surface area contributed by atoms with E-state index in [0.717, 1.165) is 12.5 Å². The molecule has 4 rings (SSSR count). The molecular formula is C20H20F3N3O3. The number of aliphatic hydroxyl groups excluding tert-OH is 1. The summed E-state index contributed by atoms with van der Waals surface area (Å²) in [4.78, 5) is 4.47. The topological polar surface area (TPSA) is 80.4 Å². The molecule has 9 heteroatoms. The van der Waals surface area contributed by atoms with Crippen LogP contribution < -0.4 is 0 Å². The van der Waals surface area contributed by atoms with Gasteiger partial charge in [0.1, 0.15) is 5.75 Å². The van der Waals surface area contributed by atoms with E-state index >= 15 is 0 Å². The smallest absolute Gasteiger partial charge is 0.416 e. The van der Waals surface area contributed by atoms with Crippen LogP contribution in [0.2, 0.25) is 0 Å². The van der Waals surface area contributed by atoms with Gasteiger partial charge in [-0.05, 0) is 50.1 Å². The van der Waals surface area contributed by atoms with Crippen LogP contribution >= 0.6 is 0 Å². The van der Waals surface area contributed by atoms with E-state index in [0.29, 0.717) is 41.7 Å². The summed E-state index contributed by atoms with van der Waals surface area (Å²) in [5, 5.41) is 25.7. The van der Waals surface area contributed by atoms with Crippen LogP contribution in [0.3, 0.4) is 0 Å². The Bertz CT molecular complexity index is 1050. The molecule has 0 bridgehead atoms. The minimum absolute atomic E-state index is 0.0153. The number of hydrogen-bond acceptors (Lipinski definition) is 5. The fourth-order valence-electron chi connectivity index (χ4n) is 3.82. The van der Waals surface area contributed by atoms with Crippen molar-refractivity contribution in [1.29, 1.82) is 0 Å². The number of phenolic OH excluding ortho intramolecular Hbond substituents is 1. The normalized spacial score (nSPS) is 18.5. The van der Waals surface area contributed by atoms with E-state index < -0.39 is 23.6 Å². The second-order valence-electron chi connectivity index (χ2n) is 7.28. The van der Waals surface area contributed by atoms with Gasteiger partial charge in [0.25, 0.3) is 0 Å². The second-order valence-corrected chi connectivity index (χ2v) is 7.28. The summed E-state index contributed by atoms with van der Waals surface area (Å²) in [6.45, 7) is 4.23. The molecule has 2 N–H and O–H groups in total. The maximum absolute atomic E-state index is 13.0. The van der Waals surface area contributed by atoms with Crippen molar-refractivity contribution in [3.8, 4) is 17.0 Å². The maximum Gasteiger partial charge on any atom is 0.416 e. The first-order chi connectivity index (χ1) is 13.7. The number of pyridine rings is 1. The second kappa shape index (κ2) is 7.00. The number of rotatable bonds is 3. The van der Waals surface area contributed by atoms with E-state index in [1.54, 1.807) is 23.7 Å². The number of benzene rings is 1. The third-order valence-corrected chi connectivity index (χ3v) is 5.15. The third-order valence-electron chi connectivity index (χ3n) is 5.15. The lowest BCUT2D eigenvalue weighted by Gasteiger charge is -2.14. The summed E-state index contributed by atoms with van der Waals surface area (Å²) in [7, 11) is 0. The van der Waals surface area contributed by atoms with Crippen molar-refractivity contribution in [2.24, 2.45) is 0 Å². The Kier molecular flexibility index (Phi) is 4.74. The molecule has 3 heterocycles. The highest BCUT2D eigenvalue weighted by atomic mass is 19.4. The van der Waals surface area contributed by atoms with Gasteiger partial charge in [0, 0.05) is 17.6 Å². The number of aromatic hydroxyl groups is 1. The van der Waals surface area contributed by atoms with Crippen molar-refractivity contribution >= 4 is 11.0 Å². The number of aliphatic hydroxyl groups is 1. The first-order valence-electron chi connectivity index (χ1n) is 9.23. The summed E-state index contributed by atoms with van der Waals surface area (Å²) in [5.41, 5.74) is 0.831. The fourth-order valence-corrected chi connectivity index (χ4v) is 3.82. The molecule has 1 fully saturated rings. The van der Waals surface area contributed by atoms with E-state index in [4.69, 9.17) is 4.74 Å². The van der Waals surface area contributed by atoms with Crippen molar-refractivity contribution in [3.05, 3.63) is 41.1 Å². The Morgan fingerprint density at radius 2 is 2.03 bits per heavy atom.